The summed E-state index contributed by atoms with van der Waals surface area (Å²) in [6, 6.07) is 9.68. The Balaban J connectivity index is 1.60. The maximum absolute atomic E-state index is 13.1. The number of guanidine groups is 1. The lowest BCUT2D eigenvalue weighted by Crippen LogP contribution is -2.45. The first-order valence-electron chi connectivity index (χ1n) is 10.7. The monoisotopic (exact) mass is 427 g/mol. The first-order valence-corrected chi connectivity index (χ1v) is 10.7. The largest absolute Gasteiger partial charge is 0.439 e. The number of nitrogens with one attached hydrogen (secondary N) is 2. The van der Waals surface area contributed by atoms with Crippen molar-refractivity contribution in [1.29, 1.82) is 0 Å². The van der Waals surface area contributed by atoms with E-state index in [9.17, 15) is 9.18 Å². The van der Waals surface area contributed by atoms with E-state index in [1.54, 1.807) is 18.3 Å². The lowest BCUT2D eigenvalue weighted by Gasteiger charge is -2.20. The molecule has 1 aromatic heterocycles. The number of carbonyl (C=O) groups is 1. The van der Waals surface area contributed by atoms with Crippen LogP contribution in [0.25, 0.3) is 0 Å². The highest BCUT2D eigenvalue weighted by Gasteiger charge is 2.27. The quantitative estimate of drug-likeness (QED) is 0.524. The molecule has 2 heterocycles. The van der Waals surface area contributed by atoms with E-state index >= 15 is 0 Å². The highest BCUT2D eigenvalue weighted by Crippen LogP contribution is 2.20. The lowest BCUT2D eigenvalue weighted by molar-refractivity contribution is -0.133. The smallest absolute Gasteiger partial charge is 0.225 e. The van der Waals surface area contributed by atoms with Crippen molar-refractivity contribution in [3.63, 3.8) is 0 Å². The molecule has 1 aliphatic rings. The maximum Gasteiger partial charge on any atom is 0.225 e. The van der Waals surface area contributed by atoms with Crippen LogP contribution in [-0.2, 0) is 11.3 Å². The van der Waals surface area contributed by atoms with Gasteiger partial charge in [-0.25, -0.2) is 14.4 Å². The van der Waals surface area contributed by atoms with Crippen molar-refractivity contribution in [3.8, 4) is 11.6 Å². The Hall–Kier alpha value is -3.16. The van der Waals surface area contributed by atoms with E-state index in [1.165, 1.54) is 12.1 Å². The molecule has 8 heteroatoms. The van der Waals surface area contributed by atoms with Crippen molar-refractivity contribution in [2.45, 2.75) is 39.8 Å². The van der Waals surface area contributed by atoms with E-state index in [-0.39, 0.29) is 23.7 Å². The summed E-state index contributed by atoms with van der Waals surface area (Å²) in [5.41, 5.74) is 0.937. The summed E-state index contributed by atoms with van der Waals surface area (Å²) < 4.78 is 18.7. The molecule has 0 saturated carbocycles. The fourth-order valence-corrected chi connectivity index (χ4v) is 3.36. The Kier molecular flexibility index (Phi) is 7.81. The van der Waals surface area contributed by atoms with Crippen LogP contribution in [0.2, 0.25) is 0 Å². The maximum atomic E-state index is 13.1. The Bertz CT molecular complexity index is 901. The van der Waals surface area contributed by atoms with Gasteiger partial charge in [-0.1, -0.05) is 13.8 Å². The predicted octanol–water partition coefficient (Wildman–Crippen LogP) is 3.33. The van der Waals surface area contributed by atoms with Gasteiger partial charge in [0.05, 0.1) is 6.54 Å². The number of hydrogen-bond donors (Lipinski definition) is 2. The van der Waals surface area contributed by atoms with E-state index < -0.39 is 0 Å². The van der Waals surface area contributed by atoms with Gasteiger partial charge in [0.15, 0.2) is 5.96 Å². The molecule has 31 heavy (non-hydrogen) atoms. The van der Waals surface area contributed by atoms with E-state index in [0.29, 0.717) is 30.7 Å². The Morgan fingerprint density at radius 3 is 2.81 bits per heavy atom. The van der Waals surface area contributed by atoms with Crippen LogP contribution in [-0.4, -0.2) is 47.4 Å². The molecule has 1 fully saturated rings. The van der Waals surface area contributed by atoms with Gasteiger partial charge in [-0.3, -0.25) is 4.79 Å². The number of amides is 1. The number of likely N-dealkylation sites (tertiary alicyclic amines) is 1. The molecule has 1 aliphatic heterocycles. The number of nitrogens with zero attached hydrogens (tertiary/aromatic N) is 3. The molecule has 3 rings (SSSR count). The number of aliphatic imine (C=N–C) groups is 1. The summed E-state index contributed by atoms with van der Waals surface area (Å²) in [6.07, 6.45) is 2.56. The minimum atomic E-state index is -0.314. The summed E-state index contributed by atoms with van der Waals surface area (Å²) in [5.74, 6) is 1.55. The van der Waals surface area contributed by atoms with Gasteiger partial charge >= 0.3 is 0 Å². The summed E-state index contributed by atoms with van der Waals surface area (Å²) in [7, 11) is 0. The number of ether oxygens (including phenoxy) is 1. The molecule has 166 valence electrons. The number of aromatic nitrogens is 1. The Morgan fingerprint density at radius 2 is 2.10 bits per heavy atom. The second kappa shape index (κ2) is 10.7. The number of pyridine rings is 1. The van der Waals surface area contributed by atoms with Gasteiger partial charge in [-0.2, -0.15) is 0 Å². The van der Waals surface area contributed by atoms with Gasteiger partial charge in [-0.05, 0) is 49.2 Å². The third kappa shape index (κ3) is 6.67. The highest BCUT2D eigenvalue weighted by molar-refractivity contribution is 5.81. The molecule has 1 unspecified atom stereocenters. The number of carbonyl (C=O) groups excluding carboxylic acids is 1. The van der Waals surface area contributed by atoms with Crippen LogP contribution in [0.3, 0.4) is 0 Å². The van der Waals surface area contributed by atoms with E-state index in [1.807, 2.05) is 37.8 Å². The zero-order valence-electron chi connectivity index (χ0n) is 18.3. The first-order chi connectivity index (χ1) is 14.9. The predicted molar refractivity (Wildman–Crippen MR) is 118 cm³/mol. The zero-order chi connectivity index (χ0) is 22.2. The highest BCUT2D eigenvalue weighted by atomic mass is 19.1. The van der Waals surface area contributed by atoms with Gasteiger partial charge in [0.25, 0.3) is 0 Å². The standard InChI is InChI=1S/C23H30FN5O2/c1-4-25-23(28-19-10-12-29(15-19)22(30)16(2)3)27-14-17-9-11-26-21(13-17)31-20-7-5-18(24)6-8-20/h5-9,11,13,16,19H,4,10,12,14-15H2,1-3H3,(H2,25,27,28). The van der Waals surface area contributed by atoms with Crippen molar-refractivity contribution in [3.05, 3.63) is 54.0 Å². The minimum Gasteiger partial charge on any atom is -0.439 e. The molecule has 1 atom stereocenters. The summed E-state index contributed by atoms with van der Waals surface area (Å²) in [6.45, 7) is 8.51. The Morgan fingerprint density at radius 1 is 1.32 bits per heavy atom. The second-order valence-electron chi connectivity index (χ2n) is 7.82. The molecule has 0 radical (unpaired) electrons. The lowest BCUT2D eigenvalue weighted by atomic mass is 10.2. The average Bonchev–Trinajstić information content (AvgIpc) is 3.22. The minimum absolute atomic E-state index is 0.0127. The fraction of sp³-hybridized carbons (Fsp3) is 0.435. The van der Waals surface area contributed by atoms with Gasteiger partial charge in [0, 0.05) is 43.9 Å². The molecular formula is C23H30FN5O2. The molecular weight excluding hydrogens is 397 g/mol. The third-order valence-corrected chi connectivity index (χ3v) is 4.93. The van der Waals surface area contributed by atoms with Gasteiger partial charge in [-0.15, -0.1) is 0 Å². The molecule has 1 saturated heterocycles. The molecule has 2 aromatic rings. The molecule has 7 nitrogen and oxygen atoms in total. The molecule has 1 amide bonds. The molecule has 0 aliphatic carbocycles. The summed E-state index contributed by atoms with van der Waals surface area (Å²) >= 11 is 0. The normalized spacial score (nSPS) is 16.5. The number of hydrogen-bond acceptors (Lipinski definition) is 4. The van der Waals surface area contributed by atoms with Crippen molar-refractivity contribution in [2.75, 3.05) is 19.6 Å². The number of halogens is 1. The van der Waals surface area contributed by atoms with E-state index in [0.717, 1.165) is 25.1 Å². The van der Waals surface area contributed by atoms with E-state index in [4.69, 9.17) is 4.74 Å². The molecule has 0 spiro atoms. The van der Waals surface area contributed by atoms with Crippen LogP contribution in [0.15, 0.2) is 47.6 Å². The van der Waals surface area contributed by atoms with Crippen LogP contribution in [0.4, 0.5) is 4.39 Å². The molecule has 2 N–H and O–H groups in total. The number of rotatable bonds is 7. The van der Waals surface area contributed by atoms with Crippen molar-refractivity contribution in [1.82, 2.24) is 20.5 Å². The second-order valence-corrected chi connectivity index (χ2v) is 7.82. The number of benzene rings is 1. The Labute approximate surface area is 182 Å². The van der Waals surface area contributed by atoms with Crippen molar-refractivity contribution in [2.24, 2.45) is 10.9 Å². The SMILES string of the molecule is CCNC(=NCc1ccnc(Oc2ccc(F)cc2)c1)NC1CCN(C(=O)C(C)C)C1. The first kappa shape index (κ1) is 22.5. The zero-order valence-corrected chi connectivity index (χ0v) is 18.3. The summed E-state index contributed by atoms with van der Waals surface area (Å²) in [5, 5.41) is 6.69. The third-order valence-electron chi connectivity index (χ3n) is 4.93. The summed E-state index contributed by atoms with van der Waals surface area (Å²) in [4.78, 5) is 23.0. The van der Waals surface area contributed by atoms with Crippen LogP contribution in [0.1, 0.15) is 32.8 Å². The average molecular weight is 428 g/mol. The van der Waals surface area contributed by atoms with Gasteiger partial charge in [0.2, 0.25) is 11.8 Å². The van der Waals surface area contributed by atoms with Crippen LogP contribution < -0.4 is 15.4 Å². The van der Waals surface area contributed by atoms with Crippen molar-refractivity contribution < 1.29 is 13.9 Å². The van der Waals surface area contributed by atoms with Crippen molar-refractivity contribution >= 4 is 11.9 Å². The topological polar surface area (TPSA) is 78.9 Å². The molecule has 0 bridgehead atoms. The van der Waals surface area contributed by atoms with Crippen LogP contribution in [0.5, 0.6) is 11.6 Å². The van der Waals surface area contributed by atoms with Gasteiger partial charge < -0.3 is 20.3 Å². The van der Waals surface area contributed by atoms with Crippen LogP contribution in [0, 0.1) is 11.7 Å². The molecule has 1 aromatic carbocycles. The fourth-order valence-electron chi connectivity index (χ4n) is 3.36. The van der Waals surface area contributed by atoms with E-state index in [2.05, 4.69) is 20.6 Å². The van der Waals surface area contributed by atoms with Crippen LogP contribution >= 0.6 is 0 Å². The van der Waals surface area contributed by atoms with Gasteiger partial charge in [0.1, 0.15) is 11.6 Å².